The van der Waals surface area contributed by atoms with Crippen molar-refractivity contribution in [2.45, 2.75) is 6.92 Å². The molecule has 2 aromatic rings. The number of nitrogens with zero attached hydrogens (tertiary/aromatic N) is 2. The van der Waals surface area contributed by atoms with Crippen molar-refractivity contribution in [3.63, 3.8) is 0 Å². The molecule has 0 radical (unpaired) electrons. The summed E-state index contributed by atoms with van der Waals surface area (Å²) in [7, 11) is 3.28. The Bertz CT molecular complexity index is 1060. The second-order valence-corrected chi connectivity index (χ2v) is 7.54. The number of halogens is 2. The Labute approximate surface area is 187 Å². The van der Waals surface area contributed by atoms with Crippen LogP contribution in [-0.4, -0.2) is 50.0 Å². The van der Waals surface area contributed by atoms with Crippen molar-refractivity contribution in [2.75, 3.05) is 27.3 Å². The van der Waals surface area contributed by atoms with Gasteiger partial charge < -0.3 is 19.1 Å². The highest BCUT2D eigenvalue weighted by atomic mass is 79.9. The smallest absolute Gasteiger partial charge is 0.363 e. The van der Waals surface area contributed by atoms with Crippen molar-refractivity contribution in [3.8, 4) is 11.5 Å². The van der Waals surface area contributed by atoms with Crippen molar-refractivity contribution in [3.05, 3.63) is 63.5 Å². The van der Waals surface area contributed by atoms with Crippen molar-refractivity contribution in [1.29, 1.82) is 0 Å². The molecule has 9 heteroatoms. The van der Waals surface area contributed by atoms with E-state index in [2.05, 4.69) is 20.9 Å². The summed E-state index contributed by atoms with van der Waals surface area (Å²) >= 11 is 3.43. The lowest BCUT2D eigenvalue weighted by molar-refractivity contribution is -0.131. The second kappa shape index (κ2) is 9.74. The highest BCUT2D eigenvalue weighted by Crippen LogP contribution is 2.38. The van der Waals surface area contributed by atoms with E-state index in [9.17, 15) is 14.0 Å². The van der Waals surface area contributed by atoms with Gasteiger partial charge in [-0.15, -0.1) is 0 Å². The quantitative estimate of drug-likeness (QED) is 0.435. The predicted octanol–water partition coefficient (Wildman–Crippen LogP) is 3.80. The molecule has 31 heavy (non-hydrogen) atoms. The zero-order valence-corrected chi connectivity index (χ0v) is 18.7. The number of hydrogen-bond acceptors (Lipinski definition) is 6. The third-order valence-electron chi connectivity index (χ3n) is 4.19. The van der Waals surface area contributed by atoms with Crippen molar-refractivity contribution >= 4 is 39.8 Å². The first-order valence-corrected chi connectivity index (χ1v) is 10.2. The molecule has 0 aliphatic carbocycles. The highest BCUT2D eigenvalue weighted by molar-refractivity contribution is 9.10. The first-order valence-electron chi connectivity index (χ1n) is 9.36. The maximum Gasteiger partial charge on any atom is 0.363 e. The highest BCUT2D eigenvalue weighted by Gasteiger charge is 2.24. The topological polar surface area (TPSA) is 77.4 Å². The van der Waals surface area contributed by atoms with Crippen LogP contribution in [0.3, 0.4) is 0 Å². The molecule has 0 spiro atoms. The monoisotopic (exact) mass is 490 g/mol. The number of carbonyl (C=O) groups is 2. The Kier molecular flexibility index (Phi) is 7.06. The molecule has 1 amide bonds. The minimum atomic E-state index is -0.620. The summed E-state index contributed by atoms with van der Waals surface area (Å²) in [6, 6.07) is 8.88. The van der Waals surface area contributed by atoms with Gasteiger partial charge in [0.25, 0.3) is 5.91 Å². The lowest BCUT2D eigenvalue weighted by Crippen LogP contribution is -2.27. The summed E-state index contributed by atoms with van der Waals surface area (Å²) in [5, 5.41) is 0. The molecule has 162 valence electrons. The minimum absolute atomic E-state index is 0.0881. The zero-order chi connectivity index (χ0) is 22.5. The van der Waals surface area contributed by atoms with E-state index in [-0.39, 0.29) is 24.1 Å². The molecule has 0 saturated carbocycles. The van der Waals surface area contributed by atoms with Crippen LogP contribution in [0.4, 0.5) is 4.39 Å². The number of benzene rings is 2. The number of hydrogen-bond donors (Lipinski definition) is 0. The van der Waals surface area contributed by atoms with Crippen LogP contribution in [0, 0.1) is 5.82 Å². The van der Waals surface area contributed by atoms with Gasteiger partial charge in [-0.2, -0.15) is 0 Å². The van der Waals surface area contributed by atoms with E-state index in [1.807, 2.05) is 6.92 Å². The van der Waals surface area contributed by atoms with Crippen LogP contribution in [0.5, 0.6) is 11.5 Å². The molecule has 0 atom stereocenters. The Morgan fingerprint density at radius 3 is 2.58 bits per heavy atom. The summed E-state index contributed by atoms with van der Waals surface area (Å²) in [6.07, 6.45) is 1.54. The average molecular weight is 491 g/mol. The van der Waals surface area contributed by atoms with E-state index >= 15 is 0 Å². The number of aliphatic imine (C=N–C) groups is 1. The molecule has 0 saturated heterocycles. The van der Waals surface area contributed by atoms with Crippen LogP contribution in [0.25, 0.3) is 6.08 Å². The zero-order valence-electron chi connectivity index (χ0n) is 17.1. The molecular weight excluding hydrogens is 471 g/mol. The van der Waals surface area contributed by atoms with Crippen LogP contribution >= 0.6 is 15.9 Å². The number of carbonyl (C=O) groups excluding carboxylic acids is 2. The number of likely N-dealkylation sites (N-methyl/N-ethyl adjacent to an activating group) is 1. The molecule has 1 aliphatic rings. The average Bonchev–Trinajstić information content (AvgIpc) is 3.08. The molecule has 0 fully saturated rings. The first-order chi connectivity index (χ1) is 14.8. The van der Waals surface area contributed by atoms with E-state index in [0.717, 1.165) is 0 Å². The lowest BCUT2D eigenvalue weighted by atomic mass is 10.1. The molecule has 0 unspecified atom stereocenters. The van der Waals surface area contributed by atoms with Gasteiger partial charge >= 0.3 is 5.97 Å². The summed E-state index contributed by atoms with van der Waals surface area (Å²) < 4.78 is 30.2. The minimum Gasteiger partial charge on any atom is -0.490 e. The Balaban J connectivity index is 1.89. The normalized spacial score (nSPS) is 14.3. The number of cyclic esters (lactones) is 1. The number of rotatable bonds is 7. The van der Waals surface area contributed by atoms with Gasteiger partial charge in [-0.25, -0.2) is 14.2 Å². The van der Waals surface area contributed by atoms with Crippen LogP contribution in [-0.2, 0) is 14.3 Å². The van der Waals surface area contributed by atoms with Crippen LogP contribution < -0.4 is 9.47 Å². The maximum absolute atomic E-state index is 13.1. The molecule has 0 N–H and O–H groups in total. The molecule has 1 aliphatic heterocycles. The van der Waals surface area contributed by atoms with E-state index in [1.165, 1.54) is 29.2 Å². The molecule has 3 rings (SSSR count). The van der Waals surface area contributed by atoms with Gasteiger partial charge in [-0.1, -0.05) is 0 Å². The third kappa shape index (κ3) is 5.49. The second-order valence-electron chi connectivity index (χ2n) is 6.68. The standard InChI is InChI=1S/C22H20BrFN2O5/c1-4-29-18-11-13(9-16(23)20(18)30-12-19(27)26(2)3)10-17-22(28)31-21(25-17)14-5-7-15(24)8-6-14/h5-11H,4,12H2,1-3H3/b17-10-. The predicted molar refractivity (Wildman–Crippen MR) is 117 cm³/mol. The van der Waals surface area contributed by atoms with Crippen molar-refractivity contribution < 1.29 is 28.2 Å². The molecule has 2 aromatic carbocycles. The van der Waals surface area contributed by atoms with E-state index < -0.39 is 11.8 Å². The van der Waals surface area contributed by atoms with E-state index in [4.69, 9.17) is 14.2 Å². The molecular formula is C22H20BrFN2O5. The summed E-state index contributed by atoms with van der Waals surface area (Å²) in [6.45, 7) is 2.05. The SMILES string of the molecule is CCOc1cc(/C=C2\N=C(c3ccc(F)cc3)OC2=O)cc(Br)c1OCC(=O)N(C)C. The molecule has 0 aromatic heterocycles. The van der Waals surface area contributed by atoms with Crippen molar-refractivity contribution in [2.24, 2.45) is 4.99 Å². The Morgan fingerprint density at radius 2 is 1.94 bits per heavy atom. The molecule has 1 heterocycles. The van der Waals surface area contributed by atoms with E-state index in [1.54, 1.807) is 32.3 Å². The van der Waals surface area contributed by atoms with Gasteiger partial charge in [0.1, 0.15) is 5.82 Å². The molecule has 0 bridgehead atoms. The number of esters is 1. The van der Waals surface area contributed by atoms with E-state index in [0.29, 0.717) is 33.7 Å². The van der Waals surface area contributed by atoms with Crippen molar-refractivity contribution in [1.82, 2.24) is 4.90 Å². The summed E-state index contributed by atoms with van der Waals surface area (Å²) in [5.41, 5.74) is 1.19. The van der Waals surface area contributed by atoms with Gasteiger partial charge in [-0.05, 0) is 70.9 Å². The maximum atomic E-state index is 13.1. The van der Waals surface area contributed by atoms with Crippen LogP contribution in [0.1, 0.15) is 18.1 Å². The number of ether oxygens (including phenoxy) is 3. The Hall–Kier alpha value is -3.20. The van der Waals surface area contributed by atoms with Gasteiger partial charge in [0.05, 0.1) is 11.1 Å². The summed E-state index contributed by atoms with van der Waals surface area (Å²) in [4.78, 5) is 29.7. The molecule has 7 nitrogen and oxygen atoms in total. The van der Waals surface area contributed by atoms with Crippen LogP contribution in [0.15, 0.2) is 51.6 Å². The third-order valence-corrected chi connectivity index (χ3v) is 4.77. The largest absolute Gasteiger partial charge is 0.490 e. The fraction of sp³-hybridized carbons (Fsp3) is 0.227. The van der Waals surface area contributed by atoms with Gasteiger partial charge in [0.15, 0.2) is 23.8 Å². The van der Waals surface area contributed by atoms with Gasteiger partial charge in [-0.3, -0.25) is 4.79 Å². The summed E-state index contributed by atoms with van der Waals surface area (Å²) in [5.74, 6) is -0.329. The van der Waals surface area contributed by atoms with Gasteiger partial charge in [0, 0.05) is 19.7 Å². The first kappa shape index (κ1) is 22.5. The lowest BCUT2D eigenvalue weighted by Gasteiger charge is -2.16. The van der Waals surface area contributed by atoms with Crippen LogP contribution in [0.2, 0.25) is 0 Å². The van der Waals surface area contributed by atoms with Gasteiger partial charge in [0.2, 0.25) is 5.90 Å². The Morgan fingerprint density at radius 1 is 1.23 bits per heavy atom. The fourth-order valence-corrected chi connectivity index (χ4v) is 3.19. The number of amides is 1. The fourth-order valence-electron chi connectivity index (χ4n) is 2.62.